The van der Waals surface area contributed by atoms with E-state index in [4.69, 9.17) is 4.74 Å². The van der Waals surface area contributed by atoms with E-state index in [-0.39, 0.29) is 24.0 Å². The van der Waals surface area contributed by atoms with Crippen molar-refractivity contribution in [3.63, 3.8) is 0 Å². The van der Waals surface area contributed by atoms with Crippen LogP contribution in [0.1, 0.15) is 16.2 Å². The third-order valence-electron chi connectivity index (χ3n) is 3.18. The van der Waals surface area contributed by atoms with Gasteiger partial charge in [-0.2, -0.15) is 4.68 Å². The first-order valence-electron chi connectivity index (χ1n) is 7.14. The molecule has 124 valence electrons. The van der Waals surface area contributed by atoms with Gasteiger partial charge in [-0.1, -0.05) is 5.21 Å². The molecule has 0 unspecified atom stereocenters. The molecule has 7 nitrogen and oxygen atoms in total. The number of rotatable bonds is 6. The van der Waals surface area contributed by atoms with Gasteiger partial charge in [0.1, 0.15) is 18.2 Å². The van der Waals surface area contributed by atoms with Crippen LogP contribution in [0.5, 0.6) is 5.75 Å². The topological polar surface area (TPSA) is 81.9 Å². The lowest BCUT2D eigenvalue weighted by Gasteiger charge is -2.07. The van der Waals surface area contributed by atoms with Crippen LogP contribution < -0.4 is 10.1 Å². The second-order valence-corrected chi connectivity index (χ2v) is 5.68. The van der Waals surface area contributed by atoms with Crippen LogP contribution >= 0.6 is 11.3 Å². The summed E-state index contributed by atoms with van der Waals surface area (Å²) in [6.07, 6.45) is 1.66. The molecule has 0 aliphatic rings. The lowest BCUT2D eigenvalue weighted by molar-refractivity contribution is 0.0941. The molecule has 0 saturated carbocycles. The quantitative estimate of drug-likeness (QED) is 0.690. The van der Waals surface area contributed by atoms with Crippen molar-refractivity contribution in [3.8, 4) is 10.9 Å². The summed E-state index contributed by atoms with van der Waals surface area (Å²) in [6, 6.07) is 5.68. The second-order valence-electron chi connectivity index (χ2n) is 4.81. The number of benzene rings is 1. The Morgan fingerprint density at radius 1 is 1.38 bits per heavy atom. The normalized spacial score (nSPS) is 10.6. The third kappa shape index (κ3) is 3.57. The molecule has 0 aliphatic carbocycles. The summed E-state index contributed by atoms with van der Waals surface area (Å²) in [7, 11) is 0. The molecule has 1 amide bonds. The minimum atomic E-state index is -0.335. The number of hydrogen-bond acceptors (Lipinski definition) is 6. The summed E-state index contributed by atoms with van der Waals surface area (Å²) < 4.78 is 19.7. The molecule has 2 heterocycles. The van der Waals surface area contributed by atoms with Crippen molar-refractivity contribution in [3.05, 3.63) is 53.0 Å². The van der Waals surface area contributed by atoms with Gasteiger partial charge < -0.3 is 10.1 Å². The Bertz CT molecular complexity index is 817. The van der Waals surface area contributed by atoms with Gasteiger partial charge in [-0.3, -0.25) is 4.79 Å². The average Bonchev–Trinajstić information content (AvgIpc) is 3.22. The predicted octanol–water partition coefficient (Wildman–Crippen LogP) is 1.98. The molecule has 0 fully saturated rings. The van der Waals surface area contributed by atoms with Gasteiger partial charge in [-0.05, 0) is 31.2 Å². The maximum Gasteiger partial charge on any atom is 0.273 e. The van der Waals surface area contributed by atoms with E-state index in [2.05, 4.69) is 20.6 Å². The van der Waals surface area contributed by atoms with Crippen LogP contribution in [0.15, 0.2) is 35.8 Å². The van der Waals surface area contributed by atoms with Gasteiger partial charge in [0.15, 0.2) is 5.69 Å². The Labute approximate surface area is 141 Å². The van der Waals surface area contributed by atoms with Gasteiger partial charge in [-0.25, -0.2) is 9.37 Å². The number of halogens is 1. The number of ether oxygens (including phenoxy) is 1. The Morgan fingerprint density at radius 2 is 2.17 bits per heavy atom. The van der Waals surface area contributed by atoms with Gasteiger partial charge in [0.2, 0.25) is 5.13 Å². The Morgan fingerprint density at radius 3 is 2.88 bits per heavy atom. The number of nitrogens with one attached hydrogen (secondary N) is 1. The molecule has 9 heteroatoms. The summed E-state index contributed by atoms with van der Waals surface area (Å²) in [4.78, 5) is 16.3. The highest BCUT2D eigenvalue weighted by atomic mass is 32.1. The lowest BCUT2D eigenvalue weighted by atomic mass is 10.3. The fourth-order valence-electron chi connectivity index (χ4n) is 1.99. The van der Waals surface area contributed by atoms with E-state index < -0.39 is 0 Å². The van der Waals surface area contributed by atoms with E-state index in [1.54, 1.807) is 13.1 Å². The number of amides is 1. The molecule has 0 saturated heterocycles. The molecule has 0 spiro atoms. The Balaban J connectivity index is 1.53. The fourth-order valence-corrected chi connectivity index (χ4v) is 2.63. The predicted molar refractivity (Wildman–Crippen MR) is 86.0 cm³/mol. The first-order valence-corrected chi connectivity index (χ1v) is 8.02. The largest absolute Gasteiger partial charge is 0.492 e. The Hall–Kier alpha value is -2.81. The van der Waals surface area contributed by atoms with E-state index in [0.717, 1.165) is 0 Å². The molecule has 0 aliphatic heterocycles. The van der Waals surface area contributed by atoms with Gasteiger partial charge in [-0.15, -0.1) is 16.4 Å². The van der Waals surface area contributed by atoms with E-state index in [0.29, 0.717) is 23.1 Å². The number of carbonyl (C=O) groups excluding carboxylic acids is 1. The first-order chi connectivity index (χ1) is 11.6. The molecular formula is C15H14FN5O2S. The number of hydrogen-bond donors (Lipinski definition) is 1. The second kappa shape index (κ2) is 7.18. The highest BCUT2D eigenvalue weighted by molar-refractivity contribution is 7.12. The maximum absolute atomic E-state index is 12.8. The van der Waals surface area contributed by atoms with Crippen molar-refractivity contribution < 1.29 is 13.9 Å². The summed E-state index contributed by atoms with van der Waals surface area (Å²) in [6.45, 7) is 2.31. The van der Waals surface area contributed by atoms with Gasteiger partial charge in [0.25, 0.3) is 5.91 Å². The van der Waals surface area contributed by atoms with Gasteiger partial charge >= 0.3 is 0 Å². The summed E-state index contributed by atoms with van der Waals surface area (Å²) in [5.41, 5.74) is 0.855. The molecule has 0 bridgehead atoms. The zero-order valence-electron chi connectivity index (χ0n) is 12.8. The Kier molecular flexibility index (Phi) is 4.80. The smallest absolute Gasteiger partial charge is 0.273 e. The van der Waals surface area contributed by atoms with Crippen LogP contribution in [-0.4, -0.2) is 39.0 Å². The number of carbonyl (C=O) groups is 1. The standard InChI is InChI=1S/C15H14FN5O2S/c1-10-13(19-20-21(10)15-18-7-9-24-15)14(22)17-6-8-23-12-4-2-11(16)3-5-12/h2-5,7,9H,6,8H2,1H3,(H,17,22). The molecule has 0 radical (unpaired) electrons. The number of thiazole rings is 1. The van der Waals surface area contributed by atoms with E-state index in [1.165, 1.54) is 40.3 Å². The van der Waals surface area contributed by atoms with E-state index in [9.17, 15) is 9.18 Å². The summed E-state index contributed by atoms with van der Waals surface area (Å²) in [5.74, 6) is -0.121. The average molecular weight is 347 g/mol. The highest BCUT2D eigenvalue weighted by Crippen LogP contribution is 2.14. The lowest BCUT2D eigenvalue weighted by Crippen LogP contribution is -2.29. The van der Waals surface area contributed by atoms with Crippen LogP contribution in [0.25, 0.3) is 5.13 Å². The molecular weight excluding hydrogens is 333 g/mol. The first kappa shape index (κ1) is 16.1. The maximum atomic E-state index is 12.8. The van der Waals surface area contributed by atoms with Crippen LogP contribution in [0.3, 0.4) is 0 Å². The number of aromatic nitrogens is 4. The zero-order valence-corrected chi connectivity index (χ0v) is 13.6. The molecule has 1 aromatic carbocycles. The number of nitrogens with zero attached hydrogens (tertiary/aromatic N) is 4. The zero-order chi connectivity index (χ0) is 16.9. The van der Waals surface area contributed by atoms with Crippen molar-refractivity contribution in [2.75, 3.05) is 13.2 Å². The van der Waals surface area contributed by atoms with Crippen molar-refractivity contribution in [1.82, 2.24) is 25.3 Å². The molecule has 3 aromatic rings. The van der Waals surface area contributed by atoms with Crippen LogP contribution in [0, 0.1) is 12.7 Å². The van der Waals surface area contributed by atoms with E-state index >= 15 is 0 Å². The third-order valence-corrected chi connectivity index (χ3v) is 3.93. The van der Waals surface area contributed by atoms with Crippen molar-refractivity contribution in [2.45, 2.75) is 6.92 Å². The van der Waals surface area contributed by atoms with Crippen LogP contribution in [0.4, 0.5) is 4.39 Å². The fraction of sp³-hybridized carbons (Fsp3) is 0.200. The monoisotopic (exact) mass is 347 g/mol. The highest BCUT2D eigenvalue weighted by Gasteiger charge is 2.17. The SMILES string of the molecule is Cc1c(C(=O)NCCOc2ccc(F)cc2)nnn1-c1nccs1. The molecule has 0 atom stereocenters. The van der Waals surface area contributed by atoms with Crippen LogP contribution in [-0.2, 0) is 0 Å². The van der Waals surface area contributed by atoms with Gasteiger partial charge in [0.05, 0.1) is 12.2 Å². The van der Waals surface area contributed by atoms with Crippen LogP contribution in [0.2, 0.25) is 0 Å². The van der Waals surface area contributed by atoms with Crippen molar-refractivity contribution in [1.29, 1.82) is 0 Å². The summed E-state index contributed by atoms with van der Waals surface area (Å²) in [5, 5.41) is 13.0. The van der Waals surface area contributed by atoms with E-state index in [1.807, 2.05) is 5.38 Å². The molecule has 24 heavy (non-hydrogen) atoms. The van der Waals surface area contributed by atoms with Crippen molar-refractivity contribution in [2.24, 2.45) is 0 Å². The minimum Gasteiger partial charge on any atom is -0.492 e. The molecule has 3 rings (SSSR count). The molecule has 2 aromatic heterocycles. The van der Waals surface area contributed by atoms with Crippen molar-refractivity contribution >= 4 is 17.2 Å². The molecule has 1 N–H and O–H groups in total. The summed E-state index contributed by atoms with van der Waals surface area (Å²) >= 11 is 1.41. The van der Waals surface area contributed by atoms with Gasteiger partial charge in [0, 0.05) is 11.6 Å². The minimum absolute atomic E-state index is 0.243.